The molecule has 3 rings (SSSR count). The van der Waals surface area contributed by atoms with Gasteiger partial charge in [-0.15, -0.1) is 0 Å². The van der Waals surface area contributed by atoms with Crippen LogP contribution in [-0.4, -0.2) is 4.98 Å². The van der Waals surface area contributed by atoms with Gasteiger partial charge in [-0.05, 0) is 60.7 Å². The Labute approximate surface area is 137 Å². The summed E-state index contributed by atoms with van der Waals surface area (Å²) in [7, 11) is 0. The fourth-order valence-electron chi connectivity index (χ4n) is 3.05. The molecule has 0 radical (unpaired) electrons. The van der Waals surface area contributed by atoms with E-state index in [0.29, 0.717) is 0 Å². The van der Waals surface area contributed by atoms with Crippen LogP contribution in [0.25, 0.3) is 22.0 Å². The molecule has 112 valence electrons. The minimum absolute atomic E-state index is 0.792. The fraction of sp³-hybridized carbons (Fsp3) is 0.250. The normalized spacial score (nSPS) is 11.1. The molecule has 0 unspecified atom stereocenters. The van der Waals surface area contributed by atoms with Crippen LogP contribution in [0.5, 0.6) is 0 Å². The Bertz CT molecular complexity index is 816. The van der Waals surface area contributed by atoms with Crippen LogP contribution in [0.4, 0.5) is 0 Å². The van der Waals surface area contributed by atoms with Crippen LogP contribution < -0.4 is 0 Å². The summed E-state index contributed by atoms with van der Waals surface area (Å²) in [5.74, 6) is 0. The Hall–Kier alpha value is -1.86. The van der Waals surface area contributed by atoms with Gasteiger partial charge in [-0.1, -0.05) is 43.1 Å². The van der Waals surface area contributed by atoms with E-state index in [1.54, 1.807) is 0 Å². The molecule has 0 bridgehead atoms. The molecule has 1 heterocycles. The molecule has 22 heavy (non-hydrogen) atoms. The van der Waals surface area contributed by atoms with Crippen molar-refractivity contribution in [3.63, 3.8) is 0 Å². The van der Waals surface area contributed by atoms with Crippen LogP contribution >= 0.6 is 11.6 Å². The van der Waals surface area contributed by atoms with E-state index in [9.17, 15) is 0 Å². The van der Waals surface area contributed by atoms with Crippen LogP contribution in [0.15, 0.2) is 42.6 Å². The van der Waals surface area contributed by atoms with Gasteiger partial charge >= 0.3 is 0 Å². The Balaban J connectivity index is 2.20. The number of halogens is 1. The lowest BCUT2D eigenvalue weighted by Gasteiger charge is -2.13. The molecule has 0 N–H and O–H groups in total. The number of aryl methyl sites for hydroxylation is 3. The number of hydrogen-bond donors (Lipinski definition) is 0. The summed E-state index contributed by atoms with van der Waals surface area (Å²) in [6, 6.07) is 12.7. The summed E-state index contributed by atoms with van der Waals surface area (Å²) in [4.78, 5) is 4.63. The van der Waals surface area contributed by atoms with Gasteiger partial charge in [-0.25, -0.2) is 0 Å². The molecule has 0 aliphatic carbocycles. The van der Waals surface area contributed by atoms with Crippen LogP contribution in [0.1, 0.15) is 30.0 Å². The van der Waals surface area contributed by atoms with Crippen molar-refractivity contribution in [3.8, 4) is 11.1 Å². The van der Waals surface area contributed by atoms with E-state index in [1.807, 2.05) is 12.3 Å². The summed E-state index contributed by atoms with van der Waals surface area (Å²) in [6.07, 6.45) is 4.16. The Morgan fingerprint density at radius 3 is 2.45 bits per heavy atom. The van der Waals surface area contributed by atoms with Gasteiger partial charge in [0, 0.05) is 22.2 Å². The van der Waals surface area contributed by atoms with Gasteiger partial charge in [0.15, 0.2) is 0 Å². The lowest BCUT2D eigenvalue weighted by Crippen LogP contribution is -1.92. The number of aromatic nitrogens is 1. The molecule has 0 saturated heterocycles. The number of rotatable bonds is 3. The molecule has 0 aliphatic heterocycles. The van der Waals surface area contributed by atoms with Crippen LogP contribution in [0.2, 0.25) is 5.02 Å². The number of nitrogens with zero attached hydrogens (tertiary/aromatic N) is 1. The van der Waals surface area contributed by atoms with E-state index in [2.05, 4.69) is 56.1 Å². The van der Waals surface area contributed by atoms with Gasteiger partial charge < -0.3 is 0 Å². The summed E-state index contributed by atoms with van der Waals surface area (Å²) >= 11 is 6.58. The third-order valence-electron chi connectivity index (χ3n) is 4.12. The van der Waals surface area contributed by atoms with Gasteiger partial charge in [0.05, 0.1) is 5.52 Å². The summed E-state index contributed by atoms with van der Waals surface area (Å²) in [5, 5.41) is 1.91. The molecule has 1 aromatic heterocycles. The Morgan fingerprint density at radius 1 is 1.05 bits per heavy atom. The van der Waals surface area contributed by atoms with Gasteiger partial charge in [-0.3, -0.25) is 4.98 Å². The van der Waals surface area contributed by atoms with Crippen LogP contribution in [0.3, 0.4) is 0 Å². The first-order valence-electron chi connectivity index (χ1n) is 7.75. The predicted molar refractivity (Wildman–Crippen MR) is 95.7 cm³/mol. The number of pyridine rings is 1. The van der Waals surface area contributed by atoms with E-state index in [4.69, 9.17) is 11.6 Å². The summed E-state index contributed by atoms with van der Waals surface area (Å²) in [6.45, 7) is 6.43. The third-order valence-corrected chi connectivity index (χ3v) is 4.43. The van der Waals surface area contributed by atoms with Crippen LogP contribution in [-0.2, 0) is 6.42 Å². The van der Waals surface area contributed by atoms with E-state index in [0.717, 1.165) is 34.3 Å². The monoisotopic (exact) mass is 309 g/mol. The Morgan fingerprint density at radius 2 is 1.77 bits per heavy atom. The standard InChI is InChI=1S/C20H20ClN/c1-4-6-15-9-16-10-18(21)17(11-19(16)22-12-15)20-13(2)7-5-8-14(20)3/h5,7-12H,4,6H2,1-3H3. The zero-order valence-corrected chi connectivity index (χ0v) is 14.0. The second kappa shape index (κ2) is 6.10. The second-order valence-corrected chi connectivity index (χ2v) is 6.29. The largest absolute Gasteiger partial charge is 0.256 e. The van der Waals surface area contributed by atoms with E-state index < -0.39 is 0 Å². The molecule has 0 atom stereocenters. The zero-order valence-electron chi connectivity index (χ0n) is 13.3. The van der Waals surface area contributed by atoms with Crippen molar-refractivity contribution >= 4 is 22.5 Å². The maximum absolute atomic E-state index is 6.58. The highest BCUT2D eigenvalue weighted by molar-refractivity contribution is 6.34. The lowest BCUT2D eigenvalue weighted by molar-refractivity contribution is 0.917. The molecule has 2 aromatic carbocycles. The third kappa shape index (κ3) is 2.74. The molecular weight excluding hydrogens is 290 g/mol. The van der Waals surface area contributed by atoms with E-state index >= 15 is 0 Å². The zero-order chi connectivity index (χ0) is 15.7. The van der Waals surface area contributed by atoms with Crippen LogP contribution in [0, 0.1) is 13.8 Å². The van der Waals surface area contributed by atoms with Crippen molar-refractivity contribution in [3.05, 3.63) is 64.3 Å². The SMILES string of the molecule is CCCc1cnc2cc(-c3c(C)cccc3C)c(Cl)cc2c1. The quantitative estimate of drug-likeness (QED) is 0.567. The fourth-order valence-corrected chi connectivity index (χ4v) is 3.32. The number of fused-ring (bicyclic) bond motifs is 1. The van der Waals surface area contributed by atoms with E-state index in [1.165, 1.54) is 22.3 Å². The lowest BCUT2D eigenvalue weighted by atomic mass is 9.94. The molecule has 0 aliphatic rings. The van der Waals surface area contributed by atoms with Crippen molar-refractivity contribution < 1.29 is 0 Å². The average Bonchev–Trinajstić information content (AvgIpc) is 2.48. The highest BCUT2D eigenvalue weighted by Crippen LogP contribution is 2.35. The van der Waals surface area contributed by atoms with Crippen molar-refractivity contribution in [2.45, 2.75) is 33.6 Å². The topological polar surface area (TPSA) is 12.9 Å². The minimum Gasteiger partial charge on any atom is -0.256 e. The maximum Gasteiger partial charge on any atom is 0.0709 e. The summed E-state index contributed by atoms with van der Waals surface area (Å²) in [5.41, 5.74) is 7.04. The molecule has 0 amide bonds. The average molecular weight is 310 g/mol. The predicted octanol–water partition coefficient (Wildman–Crippen LogP) is 6.12. The second-order valence-electron chi connectivity index (χ2n) is 5.89. The smallest absolute Gasteiger partial charge is 0.0709 e. The molecular formula is C20H20ClN. The molecule has 3 aromatic rings. The molecule has 1 nitrogen and oxygen atoms in total. The molecule has 0 saturated carbocycles. The molecule has 0 fully saturated rings. The first-order valence-corrected chi connectivity index (χ1v) is 8.12. The maximum atomic E-state index is 6.58. The minimum atomic E-state index is 0.792. The van der Waals surface area contributed by atoms with Crippen molar-refractivity contribution in [1.29, 1.82) is 0 Å². The van der Waals surface area contributed by atoms with Gasteiger partial charge in [0.2, 0.25) is 0 Å². The number of hydrogen-bond acceptors (Lipinski definition) is 1. The van der Waals surface area contributed by atoms with E-state index in [-0.39, 0.29) is 0 Å². The van der Waals surface area contributed by atoms with Crippen molar-refractivity contribution in [1.82, 2.24) is 4.98 Å². The highest BCUT2D eigenvalue weighted by Gasteiger charge is 2.11. The van der Waals surface area contributed by atoms with Gasteiger partial charge in [0.1, 0.15) is 0 Å². The highest BCUT2D eigenvalue weighted by atomic mass is 35.5. The van der Waals surface area contributed by atoms with Gasteiger partial charge in [-0.2, -0.15) is 0 Å². The molecule has 2 heteroatoms. The van der Waals surface area contributed by atoms with Crippen molar-refractivity contribution in [2.24, 2.45) is 0 Å². The first-order chi connectivity index (χ1) is 10.6. The molecule has 0 spiro atoms. The first kappa shape index (κ1) is 15.1. The number of benzene rings is 2. The Kier molecular flexibility index (Phi) is 4.17. The summed E-state index contributed by atoms with van der Waals surface area (Å²) < 4.78 is 0. The van der Waals surface area contributed by atoms with Crippen molar-refractivity contribution in [2.75, 3.05) is 0 Å². The van der Waals surface area contributed by atoms with Gasteiger partial charge in [0.25, 0.3) is 0 Å².